The standard InChI is InChI=1S/C29H36OSi/c1-29(2,3)31(4,5)30-28-20-15-18-14-19(17-20)26(25(28)16-18)27-23-12-8-6-10-21(23)22-11-7-9-13-24(22)27/h6-13,18-20,25,28H,14-17H2,1-5H3. The molecule has 5 unspecified atom stereocenters. The Morgan fingerprint density at radius 1 is 0.774 bits per heavy atom. The summed E-state index contributed by atoms with van der Waals surface area (Å²) >= 11 is 0. The van der Waals surface area contributed by atoms with Crippen molar-refractivity contribution in [2.45, 2.75) is 70.7 Å². The molecule has 7 rings (SSSR count). The van der Waals surface area contributed by atoms with Crippen molar-refractivity contribution in [2.75, 3.05) is 0 Å². The van der Waals surface area contributed by atoms with Crippen LogP contribution >= 0.6 is 0 Å². The summed E-state index contributed by atoms with van der Waals surface area (Å²) in [7, 11) is -1.80. The van der Waals surface area contributed by atoms with Gasteiger partial charge in [0.25, 0.3) is 0 Å². The lowest BCUT2D eigenvalue weighted by molar-refractivity contribution is -0.0498. The Hall–Kier alpha value is -1.64. The van der Waals surface area contributed by atoms with Crippen molar-refractivity contribution in [3.05, 3.63) is 65.2 Å². The monoisotopic (exact) mass is 428 g/mol. The summed E-state index contributed by atoms with van der Waals surface area (Å²) < 4.78 is 7.25. The maximum atomic E-state index is 7.25. The van der Waals surface area contributed by atoms with Crippen molar-refractivity contribution >= 4 is 13.9 Å². The Labute approximate surface area is 189 Å². The summed E-state index contributed by atoms with van der Waals surface area (Å²) in [6, 6.07) is 18.2. The zero-order chi connectivity index (χ0) is 21.5. The van der Waals surface area contributed by atoms with Gasteiger partial charge in [-0.3, -0.25) is 0 Å². The van der Waals surface area contributed by atoms with E-state index >= 15 is 0 Å². The van der Waals surface area contributed by atoms with Gasteiger partial charge in [-0.1, -0.05) is 74.9 Å². The highest BCUT2D eigenvalue weighted by atomic mass is 28.4. The van der Waals surface area contributed by atoms with Crippen LogP contribution in [-0.4, -0.2) is 14.4 Å². The molecule has 4 fully saturated rings. The summed E-state index contributed by atoms with van der Waals surface area (Å²) in [4.78, 5) is 0. The van der Waals surface area contributed by atoms with Gasteiger partial charge in [0.05, 0.1) is 6.10 Å². The van der Waals surface area contributed by atoms with Crippen LogP contribution in [0.1, 0.15) is 57.6 Å². The van der Waals surface area contributed by atoms with Crippen LogP contribution in [0.3, 0.4) is 0 Å². The molecule has 4 saturated carbocycles. The van der Waals surface area contributed by atoms with Gasteiger partial charge in [0.15, 0.2) is 8.32 Å². The zero-order valence-corrected chi connectivity index (χ0v) is 20.7. The molecule has 1 nitrogen and oxygen atoms in total. The van der Waals surface area contributed by atoms with Gasteiger partial charge >= 0.3 is 0 Å². The van der Waals surface area contributed by atoms with Crippen LogP contribution < -0.4 is 0 Å². The topological polar surface area (TPSA) is 9.23 Å². The van der Waals surface area contributed by atoms with Gasteiger partial charge in [-0.05, 0) is 89.4 Å². The highest BCUT2D eigenvalue weighted by Gasteiger charge is 2.55. The highest BCUT2D eigenvalue weighted by Crippen LogP contribution is 2.62. The van der Waals surface area contributed by atoms with Crippen molar-refractivity contribution in [1.29, 1.82) is 0 Å². The average Bonchev–Trinajstić information content (AvgIpc) is 3.04. The van der Waals surface area contributed by atoms with E-state index in [0.29, 0.717) is 12.0 Å². The lowest BCUT2D eigenvalue weighted by atomic mass is 9.52. The minimum Gasteiger partial charge on any atom is -0.413 e. The summed E-state index contributed by atoms with van der Waals surface area (Å²) in [6.07, 6.45) is 5.92. The molecule has 162 valence electrons. The van der Waals surface area contributed by atoms with Gasteiger partial charge in [-0.25, -0.2) is 0 Å². The Morgan fingerprint density at radius 3 is 1.94 bits per heavy atom. The Balaban J connectivity index is 1.51. The van der Waals surface area contributed by atoms with E-state index < -0.39 is 8.32 Å². The lowest BCUT2D eigenvalue weighted by Gasteiger charge is -2.58. The second kappa shape index (κ2) is 6.68. The third-order valence-electron chi connectivity index (χ3n) is 9.34. The molecule has 0 spiro atoms. The Morgan fingerprint density at radius 2 is 1.35 bits per heavy atom. The predicted octanol–water partition coefficient (Wildman–Crippen LogP) is 7.93. The molecule has 0 heterocycles. The summed E-state index contributed by atoms with van der Waals surface area (Å²) in [5.74, 6) is 3.06. The second-order valence-electron chi connectivity index (χ2n) is 12.1. The van der Waals surface area contributed by atoms with Gasteiger partial charge in [0, 0.05) is 5.92 Å². The number of hydrogen-bond donors (Lipinski definition) is 0. The molecule has 31 heavy (non-hydrogen) atoms. The SMILES string of the molecule is CC(C)(C)[Si](C)(C)OC1C2CC3CC(C2)C(=C2c4ccccc4-c4ccccc42)C1C3. The van der Waals surface area contributed by atoms with E-state index in [0.717, 1.165) is 17.8 Å². The molecule has 2 aromatic rings. The van der Waals surface area contributed by atoms with Crippen molar-refractivity contribution in [3.63, 3.8) is 0 Å². The molecular formula is C29H36OSi. The van der Waals surface area contributed by atoms with E-state index in [9.17, 15) is 0 Å². The Kier molecular flexibility index (Phi) is 4.31. The van der Waals surface area contributed by atoms with E-state index in [-0.39, 0.29) is 5.04 Å². The molecule has 0 saturated heterocycles. The molecule has 0 amide bonds. The highest BCUT2D eigenvalue weighted by molar-refractivity contribution is 6.74. The third kappa shape index (κ3) is 2.90. The number of hydrogen-bond acceptors (Lipinski definition) is 1. The first-order valence-corrected chi connectivity index (χ1v) is 15.3. The van der Waals surface area contributed by atoms with Crippen molar-refractivity contribution in [3.8, 4) is 11.1 Å². The summed E-state index contributed by atoms with van der Waals surface area (Å²) in [5, 5.41) is 0.265. The minimum atomic E-state index is -1.80. The third-order valence-corrected chi connectivity index (χ3v) is 13.8. The lowest BCUT2D eigenvalue weighted by Crippen LogP contribution is -2.56. The van der Waals surface area contributed by atoms with Crippen molar-refractivity contribution in [2.24, 2.45) is 23.7 Å². The molecule has 0 aliphatic heterocycles. The zero-order valence-electron chi connectivity index (χ0n) is 19.7. The van der Waals surface area contributed by atoms with E-state index in [1.165, 1.54) is 47.9 Å². The van der Waals surface area contributed by atoms with E-state index in [1.54, 1.807) is 11.1 Å². The maximum absolute atomic E-state index is 7.25. The first-order valence-electron chi connectivity index (χ1n) is 12.4. The van der Waals surface area contributed by atoms with Gasteiger partial charge in [0.1, 0.15) is 0 Å². The van der Waals surface area contributed by atoms with Gasteiger partial charge in [-0.2, -0.15) is 0 Å². The number of rotatable bonds is 2. The molecule has 2 heteroatoms. The molecule has 0 N–H and O–H groups in total. The first kappa shape index (κ1) is 20.0. The normalized spacial score (nSPS) is 31.2. The average molecular weight is 429 g/mol. The fourth-order valence-corrected chi connectivity index (χ4v) is 8.43. The van der Waals surface area contributed by atoms with Crippen LogP contribution in [0, 0.1) is 23.7 Å². The largest absolute Gasteiger partial charge is 0.413 e. The van der Waals surface area contributed by atoms with E-state index in [2.05, 4.69) is 82.4 Å². The quantitative estimate of drug-likeness (QED) is 0.377. The van der Waals surface area contributed by atoms with E-state index in [4.69, 9.17) is 4.43 Å². The van der Waals surface area contributed by atoms with Crippen LogP contribution in [0.25, 0.3) is 16.7 Å². The van der Waals surface area contributed by atoms with E-state index in [1.807, 2.05) is 0 Å². The summed E-state index contributed by atoms with van der Waals surface area (Å²) in [5.41, 5.74) is 9.12. The van der Waals surface area contributed by atoms with Crippen molar-refractivity contribution in [1.82, 2.24) is 0 Å². The fourth-order valence-electron chi connectivity index (χ4n) is 7.04. The van der Waals surface area contributed by atoms with Crippen molar-refractivity contribution < 1.29 is 4.43 Å². The molecular weight excluding hydrogens is 392 g/mol. The van der Waals surface area contributed by atoms with Gasteiger partial charge < -0.3 is 4.43 Å². The molecule has 5 atom stereocenters. The molecule has 5 aliphatic carbocycles. The van der Waals surface area contributed by atoms with Crippen LogP contribution in [0.2, 0.25) is 18.1 Å². The second-order valence-corrected chi connectivity index (χ2v) is 16.9. The fraction of sp³-hybridized carbons (Fsp3) is 0.517. The summed E-state index contributed by atoms with van der Waals surface area (Å²) in [6.45, 7) is 12.1. The first-order chi connectivity index (χ1) is 14.7. The minimum absolute atomic E-state index is 0.265. The van der Waals surface area contributed by atoms with Gasteiger partial charge in [0.2, 0.25) is 0 Å². The Bertz CT molecular complexity index is 1020. The number of fused-ring (bicyclic) bond motifs is 3. The molecule has 5 aliphatic rings. The number of benzene rings is 2. The van der Waals surface area contributed by atoms with Gasteiger partial charge in [-0.15, -0.1) is 0 Å². The molecule has 0 aromatic heterocycles. The van der Waals surface area contributed by atoms with Crippen LogP contribution in [0.15, 0.2) is 54.1 Å². The van der Waals surface area contributed by atoms with Crippen LogP contribution in [0.4, 0.5) is 0 Å². The smallest absolute Gasteiger partial charge is 0.192 e. The molecule has 0 radical (unpaired) electrons. The molecule has 2 aromatic carbocycles. The maximum Gasteiger partial charge on any atom is 0.192 e. The van der Waals surface area contributed by atoms with Crippen LogP contribution in [-0.2, 0) is 4.43 Å². The predicted molar refractivity (Wildman–Crippen MR) is 132 cm³/mol. The molecule has 4 bridgehead atoms. The van der Waals surface area contributed by atoms with Crippen LogP contribution in [0.5, 0.6) is 0 Å².